The predicted molar refractivity (Wildman–Crippen MR) is 64.4 cm³/mol. The van der Waals surface area contributed by atoms with E-state index in [1.807, 2.05) is 0 Å². The molecule has 2 rings (SSSR count). The van der Waals surface area contributed by atoms with E-state index in [2.05, 4.69) is 4.90 Å². The molecular weight excluding hydrogens is 202 g/mol. The minimum atomic E-state index is -0.0489. The zero-order chi connectivity index (χ0) is 11.5. The third-order valence-electron chi connectivity index (χ3n) is 4.07. The molecule has 92 valence electrons. The summed E-state index contributed by atoms with van der Waals surface area (Å²) < 4.78 is 0. The van der Waals surface area contributed by atoms with Crippen molar-refractivity contribution in [1.82, 2.24) is 4.90 Å². The highest BCUT2D eigenvalue weighted by molar-refractivity contribution is 5.76. The van der Waals surface area contributed by atoms with Crippen LogP contribution in [0, 0.1) is 17.2 Å². The Morgan fingerprint density at radius 2 is 2.12 bits per heavy atom. The minimum Gasteiger partial charge on any atom is -0.393 e. The first-order valence-corrected chi connectivity index (χ1v) is 6.40. The zero-order valence-corrected chi connectivity index (χ0v) is 9.86. The maximum Gasteiger partial charge on any atom is 0.0905 e. The molecule has 1 saturated heterocycles. The Balaban J connectivity index is 1.64. The van der Waals surface area contributed by atoms with Crippen LogP contribution in [0.3, 0.4) is 0 Å². The van der Waals surface area contributed by atoms with E-state index in [1.165, 1.54) is 13.0 Å². The fourth-order valence-corrected chi connectivity index (χ4v) is 3.16. The van der Waals surface area contributed by atoms with Crippen LogP contribution >= 0.6 is 0 Å². The lowest BCUT2D eigenvalue weighted by atomic mass is 10.00. The third kappa shape index (κ3) is 2.74. The number of fused-ring (bicyclic) bond motifs is 1. The Hall–Kier alpha value is -0.610. The Labute approximate surface area is 97.3 Å². The van der Waals surface area contributed by atoms with Crippen molar-refractivity contribution >= 4 is 5.84 Å². The highest BCUT2D eigenvalue weighted by atomic mass is 16.3. The molecule has 0 spiro atoms. The van der Waals surface area contributed by atoms with Crippen molar-refractivity contribution in [2.75, 3.05) is 19.6 Å². The van der Waals surface area contributed by atoms with Gasteiger partial charge in [0.2, 0.25) is 0 Å². The van der Waals surface area contributed by atoms with Crippen molar-refractivity contribution in [3.63, 3.8) is 0 Å². The van der Waals surface area contributed by atoms with Gasteiger partial charge >= 0.3 is 0 Å². The molecule has 2 aliphatic rings. The maximum absolute atomic E-state index is 9.79. The van der Waals surface area contributed by atoms with E-state index in [0.29, 0.717) is 11.8 Å². The smallest absolute Gasteiger partial charge is 0.0905 e. The molecule has 4 heteroatoms. The molecule has 0 aromatic rings. The van der Waals surface area contributed by atoms with Gasteiger partial charge in [0.05, 0.1) is 11.9 Å². The lowest BCUT2D eigenvalue weighted by Crippen LogP contribution is -2.25. The number of likely N-dealkylation sites (tertiary alicyclic amines) is 1. The molecule has 4 N–H and O–H groups in total. The van der Waals surface area contributed by atoms with Crippen LogP contribution in [0.25, 0.3) is 0 Å². The van der Waals surface area contributed by atoms with E-state index >= 15 is 0 Å². The Bertz CT molecular complexity index is 257. The second-order valence-corrected chi connectivity index (χ2v) is 5.31. The molecule has 16 heavy (non-hydrogen) atoms. The summed E-state index contributed by atoms with van der Waals surface area (Å²) in [7, 11) is 0. The van der Waals surface area contributed by atoms with Gasteiger partial charge in [-0.1, -0.05) is 0 Å². The summed E-state index contributed by atoms with van der Waals surface area (Å²) >= 11 is 0. The number of hydrogen-bond acceptors (Lipinski definition) is 3. The van der Waals surface area contributed by atoms with E-state index in [0.717, 1.165) is 44.7 Å². The lowest BCUT2D eigenvalue weighted by molar-refractivity contribution is 0.124. The van der Waals surface area contributed by atoms with Crippen LogP contribution in [0.5, 0.6) is 0 Å². The van der Waals surface area contributed by atoms with Crippen LogP contribution in [-0.2, 0) is 0 Å². The van der Waals surface area contributed by atoms with Gasteiger partial charge in [-0.25, -0.2) is 0 Å². The second-order valence-electron chi connectivity index (χ2n) is 5.31. The van der Waals surface area contributed by atoms with Gasteiger partial charge in [-0.05, 0) is 38.1 Å². The molecule has 0 aromatic carbocycles. The molecule has 2 fully saturated rings. The molecule has 0 aromatic heterocycles. The molecule has 0 amide bonds. The van der Waals surface area contributed by atoms with Crippen molar-refractivity contribution in [3.05, 3.63) is 0 Å². The number of hydrogen-bond donors (Lipinski definition) is 3. The Kier molecular flexibility index (Phi) is 3.82. The van der Waals surface area contributed by atoms with Gasteiger partial charge in [0.25, 0.3) is 0 Å². The van der Waals surface area contributed by atoms with Gasteiger partial charge in [-0.15, -0.1) is 0 Å². The summed E-state index contributed by atoms with van der Waals surface area (Å²) in [5.41, 5.74) is 5.32. The van der Waals surface area contributed by atoms with Crippen LogP contribution in [0.15, 0.2) is 0 Å². The standard InChI is InChI=1S/C12H23N3O/c13-12(14)3-1-2-6-15-7-9-4-5-11(16)10(9)8-15/h9-11,16H,1-8H2,(H3,13,14). The highest BCUT2D eigenvalue weighted by Gasteiger charge is 2.41. The molecule has 0 radical (unpaired) electrons. The summed E-state index contributed by atoms with van der Waals surface area (Å²) in [6, 6.07) is 0. The van der Waals surface area contributed by atoms with Crippen molar-refractivity contribution in [2.24, 2.45) is 17.6 Å². The number of amidine groups is 1. The molecular formula is C12H23N3O. The van der Waals surface area contributed by atoms with Crippen LogP contribution in [-0.4, -0.2) is 41.6 Å². The van der Waals surface area contributed by atoms with Crippen LogP contribution < -0.4 is 5.73 Å². The van der Waals surface area contributed by atoms with E-state index in [4.69, 9.17) is 11.1 Å². The van der Waals surface area contributed by atoms with Gasteiger partial charge in [0, 0.05) is 25.4 Å². The van der Waals surface area contributed by atoms with Crippen LogP contribution in [0.4, 0.5) is 0 Å². The normalized spacial score (nSPS) is 34.2. The monoisotopic (exact) mass is 225 g/mol. The minimum absolute atomic E-state index is 0.0489. The average Bonchev–Trinajstić information content (AvgIpc) is 2.76. The van der Waals surface area contributed by atoms with Crippen LogP contribution in [0.2, 0.25) is 0 Å². The number of nitrogens with one attached hydrogen (secondary N) is 1. The first-order chi connectivity index (χ1) is 7.66. The lowest BCUT2D eigenvalue weighted by Gasteiger charge is -2.17. The SMILES string of the molecule is N=C(N)CCCCN1CC2CCC(O)C2C1. The highest BCUT2D eigenvalue weighted by Crippen LogP contribution is 2.37. The van der Waals surface area contributed by atoms with Gasteiger partial charge < -0.3 is 15.7 Å². The molecule has 4 nitrogen and oxygen atoms in total. The van der Waals surface area contributed by atoms with E-state index in [-0.39, 0.29) is 6.10 Å². The summed E-state index contributed by atoms with van der Waals surface area (Å²) in [6.45, 7) is 3.35. The van der Waals surface area contributed by atoms with Crippen molar-refractivity contribution < 1.29 is 5.11 Å². The fraction of sp³-hybridized carbons (Fsp3) is 0.917. The van der Waals surface area contributed by atoms with Crippen molar-refractivity contribution in [3.8, 4) is 0 Å². The number of unbranched alkanes of at least 4 members (excludes halogenated alkanes) is 1. The van der Waals surface area contributed by atoms with Gasteiger partial charge in [0.15, 0.2) is 0 Å². The third-order valence-corrected chi connectivity index (χ3v) is 4.07. The number of rotatable bonds is 5. The second kappa shape index (κ2) is 5.15. The largest absolute Gasteiger partial charge is 0.393 e. The van der Waals surface area contributed by atoms with Crippen molar-refractivity contribution in [1.29, 1.82) is 5.41 Å². The summed E-state index contributed by atoms with van der Waals surface area (Å²) in [5, 5.41) is 16.9. The van der Waals surface area contributed by atoms with Gasteiger partial charge in [0.1, 0.15) is 0 Å². The molecule has 0 bridgehead atoms. The van der Waals surface area contributed by atoms with E-state index in [1.54, 1.807) is 0 Å². The predicted octanol–water partition coefficient (Wildman–Crippen LogP) is 0.795. The van der Waals surface area contributed by atoms with Crippen molar-refractivity contribution in [2.45, 2.75) is 38.2 Å². The number of aliphatic hydroxyl groups excluding tert-OH is 1. The Morgan fingerprint density at radius 3 is 2.81 bits per heavy atom. The summed E-state index contributed by atoms with van der Waals surface area (Å²) in [5.74, 6) is 1.57. The number of aliphatic hydroxyl groups is 1. The van der Waals surface area contributed by atoms with E-state index in [9.17, 15) is 5.11 Å². The average molecular weight is 225 g/mol. The molecule has 1 saturated carbocycles. The maximum atomic E-state index is 9.79. The number of nitrogens with two attached hydrogens (primary N) is 1. The van der Waals surface area contributed by atoms with Crippen LogP contribution in [0.1, 0.15) is 32.1 Å². The topological polar surface area (TPSA) is 73.3 Å². The molecule has 1 aliphatic carbocycles. The first kappa shape index (κ1) is 11.9. The molecule has 3 unspecified atom stereocenters. The van der Waals surface area contributed by atoms with E-state index < -0.39 is 0 Å². The number of nitrogens with zero attached hydrogens (tertiary/aromatic N) is 1. The molecule has 3 atom stereocenters. The summed E-state index contributed by atoms with van der Waals surface area (Å²) in [4.78, 5) is 2.47. The quantitative estimate of drug-likeness (QED) is 0.368. The fourth-order valence-electron chi connectivity index (χ4n) is 3.16. The van der Waals surface area contributed by atoms with Gasteiger partial charge in [-0.3, -0.25) is 5.41 Å². The molecule has 1 heterocycles. The molecule has 1 aliphatic heterocycles. The van der Waals surface area contributed by atoms with Gasteiger partial charge in [-0.2, -0.15) is 0 Å². The Morgan fingerprint density at radius 1 is 1.31 bits per heavy atom. The zero-order valence-electron chi connectivity index (χ0n) is 9.86. The summed E-state index contributed by atoms with van der Waals surface area (Å²) in [6.07, 6.45) is 5.03. The first-order valence-electron chi connectivity index (χ1n) is 6.40.